The molecule has 1 atom stereocenters. The second-order valence-corrected chi connectivity index (χ2v) is 5.47. The molecule has 1 N–H and O–H groups in total. The molecular formula is C14H22ClN3O. The number of hydrogen-bond acceptors (Lipinski definition) is 4. The van der Waals surface area contributed by atoms with Gasteiger partial charge in [0.1, 0.15) is 5.82 Å². The van der Waals surface area contributed by atoms with Crippen LogP contribution in [0.1, 0.15) is 25.0 Å². The Morgan fingerprint density at radius 3 is 3.00 bits per heavy atom. The molecule has 0 bridgehead atoms. The van der Waals surface area contributed by atoms with Crippen LogP contribution in [0.2, 0.25) is 5.02 Å². The first-order chi connectivity index (χ1) is 9.19. The second kappa shape index (κ2) is 7.08. The van der Waals surface area contributed by atoms with E-state index in [0.717, 1.165) is 42.7 Å². The zero-order chi connectivity index (χ0) is 13.7. The Hall–Kier alpha value is -0.840. The van der Waals surface area contributed by atoms with Gasteiger partial charge in [-0.1, -0.05) is 11.6 Å². The summed E-state index contributed by atoms with van der Waals surface area (Å²) >= 11 is 6.19. The Balaban J connectivity index is 1.92. The molecule has 1 fully saturated rings. The van der Waals surface area contributed by atoms with Crippen molar-refractivity contribution >= 4 is 17.4 Å². The van der Waals surface area contributed by atoms with Crippen molar-refractivity contribution in [3.63, 3.8) is 0 Å². The van der Waals surface area contributed by atoms with E-state index in [1.54, 1.807) is 0 Å². The maximum Gasteiger partial charge on any atom is 0.126 e. The average molecular weight is 284 g/mol. The first-order valence-corrected chi connectivity index (χ1v) is 7.20. The summed E-state index contributed by atoms with van der Waals surface area (Å²) < 4.78 is 5.75. The average Bonchev–Trinajstić information content (AvgIpc) is 2.42. The third kappa shape index (κ3) is 4.34. The Bertz CT molecular complexity index is 408. The van der Waals surface area contributed by atoms with Crippen molar-refractivity contribution in [2.75, 3.05) is 32.6 Å². The highest BCUT2D eigenvalue weighted by molar-refractivity contribution is 6.31. The summed E-state index contributed by atoms with van der Waals surface area (Å²) in [7, 11) is 3.95. The van der Waals surface area contributed by atoms with Crippen molar-refractivity contribution < 1.29 is 4.74 Å². The van der Waals surface area contributed by atoms with Crippen molar-refractivity contribution in [3.05, 3.63) is 22.8 Å². The number of ether oxygens (including phenoxy) is 1. The predicted octanol–water partition coefficient (Wildman–Crippen LogP) is 2.78. The Morgan fingerprint density at radius 1 is 1.47 bits per heavy atom. The van der Waals surface area contributed by atoms with Crippen LogP contribution in [0.5, 0.6) is 0 Å². The molecule has 0 spiro atoms. The highest BCUT2D eigenvalue weighted by atomic mass is 35.5. The second-order valence-electron chi connectivity index (χ2n) is 5.06. The topological polar surface area (TPSA) is 37.4 Å². The minimum absolute atomic E-state index is 0.352. The number of nitrogens with one attached hydrogen (secondary N) is 1. The van der Waals surface area contributed by atoms with Crippen molar-refractivity contribution in [2.45, 2.75) is 31.9 Å². The number of rotatable bonds is 5. The van der Waals surface area contributed by atoms with Gasteiger partial charge in [0.05, 0.1) is 16.8 Å². The molecule has 1 unspecified atom stereocenters. The molecule has 19 heavy (non-hydrogen) atoms. The standard InChI is InChI=1S/C14H22ClN3O/c1-16-14-7-6-12(15)13(17-14)10-18(2)9-11-5-3-4-8-19-11/h6-7,11H,3-5,8-10H2,1-2H3,(H,16,17). The minimum atomic E-state index is 0.352. The maximum atomic E-state index is 6.19. The molecule has 0 aliphatic carbocycles. The van der Waals surface area contributed by atoms with Gasteiger partial charge in [0.2, 0.25) is 0 Å². The van der Waals surface area contributed by atoms with Gasteiger partial charge in [0, 0.05) is 26.7 Å². The molecule has 0 radical (unpaired) electrons. The van der Waals surface area contributed by atoms with Crippen LogP contribution >= 0.6 is 11.6 Å². The lowest BCUT2D eigenvalue weighted by Crippen LogP contribution is -2.33. The van der Waals surface area contributed by atoms with Crippen LogP contribution in [0.4, 0.5) is 5.82 Å². The van der Waals surface area contributed by atoms with Crippen LogP contribution in [0, 0.1) is 0 Å². The molecule has 106 valence electrons. The first-order valence-electron chi connectivity index (χ1n) is 6.82. The van der Waals surface area contributed by atoms with E-state index >= 15 is 0 Å². The van der Waals surface area contributed by atoms with Gasteiger partial charge in [-0.2, -0.15) is 0 Å². The smallest absolute Gasteiger partial charge is 0.126 e. The van der Waals surface area contributed by atoms with E-state index in [1.807, 2.05) is 19.2 Å². The van der Waals surface area contributed by atoms with Gasteiger partial charge in [0.25, 0.3) is 0 Å². The lowest BCUT2D eigenvalue weighted by atomic mass is 10.1. The monoisotopic (exact) mass is 283 g/mol. The SMILES string of the molecule is CNc1ccc(Cl)c(CN(C)CC2CCCCO2)n1. The fourth-order valence-corrected chi connectivity index (χ4v) is 2.52. The molecule has 0 saturated carbocycles. The highest BCUT2D eigenvalue weighted by Crippen LogP contribution is 2.19. The van der Waals surface area contributed by atoms with E-state index in [-0.39, 0.29) is 0 Å². The summed E-state index contributed by atoms with van der Waals surface area (Å²) in [4.78, 5) is 6.72. The van der Waals surface area contributed by atoms with Crippen molar-refractivity contribution in [1.82, 2.24) is 9.88 Å². The molecule has 1 aliphatic heterocycles. The third-order valence-electron chi connectivity index (χ3n) is 3.38. The molecule has 5 heteroatoms. The number of likely N-dealkylation sites (N-methyl/N-ethyl adjacent to an activating group) is 1. The van der Waals surface area contributed by atoms with Crippen molar-refractivity contribution in [1.29, 1.82) is 0 Å². The molecular weight excluding hydrogens is 262 g/mol. The van der Waals surface area contributed by atoms with Crippen LogP contribution < -0.4 is 5.32 Å². The number of anilines is 1. The van der Waals surface area contributed by atoms with Crippen LogP contribution in [0.15, 0.2) is 12.1 Å². The summed E-state index contributed by atoms with van der Waals surface area (Å²) in [6.45, 7) is 2.57. The fraction of sp³-hybridized carbons (Fsp3) is 0.643. The predicted molar refractivity (Wildman–Crippen MR) is 78.7 cm³/mol. The molecule has 0 aromatic carbocycles. The van der Waals surface area contributed by atoms with Gasteiger partial charge in [-0.15, -0.1) is 0 Å². The Kier molecular flexibility index (Phi) is 5.43. The largest absolute Gasteiger partial charge is 0.377 e. The first kappa shape index (κ1) is 14.6. The lowest BCUT2D eigenvalue weighted by molar-refractivity contribution is -0.00273. The highest BCUT2D eigenvalue weighted by Gasteiger charge is 2.16. The quantitative estimate of drug-likeness (QED) is 0.902. The molecule has 2 rings (SSSR count). The van der Waals surface area contributed by atoms with Gasteiger partial charge in [-0.3, -0.25) is 4.90 Å². The molecule has 2 heterocycles. The summed E-state index contributed by atoms with van der Waals surface area (Å²) in [5, 5.41) is 3.75. The molecule has 1 aromatic rings. The molecule has 4 nitrogen and oxygen atoms in total. The van der Waals surface area contributed by atoms with E-state index in [0.29, 0.717) is 6.10 Å². The van der Waals surface area contributed by atoms with Gasteiger partial charge < -0.3 is 10.1 Å². The van der Waals surface area contributed by atoms with E-state index < -0.39 is 0 Å². The number of aromatic nitrogens is 1. The molecule has 0 amide bonds. The molecule has 1 aliphatic rings. The number of hydrogen-bond donors (Lipinski definition) is 1. The van der Waals surface area contributed by atoms with E-state index in [2.05, 4.69) is 22.2 Å². The maximum absolute atomic E-state index is 6.19. The number of halogens is 1. The van der Waals surface area contributed by atoms with Crippen LogP contribution in [-0.2, 0) is 11.3 Å². The summed E-state index contributed by atoms with van der Waals surface area (Å²) in [5.41, 5.74) is 0.909. The summed E-state index contributed by atoms with van der Waals surface area (Å²) in [6, 6.07) is 3.77. The zero-order valence-corrected chi connectivity index (χ0v) is 12.4. The number of nitrogens with zero attached hydrogens (tertiary/aromatic N) is 2. The van der Waals surface area contributed by atoms with Crippen LogP contribution in [-0.4, -0.2) is 43.2 Å². The molecule has 1 aromatic heterocycles. The Labute approximate surface area is 120 Å². The van der Waals surface area contributed by atoms with E-state index in [4.69, 9.17) is 16.3 Å². The fourth-order valence-electron chi connectivity index (χ4n) is 2.35. The van der Waals surface area contributed by atoms with Gasteiger partial charge in [-0.05, 0) is 38.4 Å². The van der Waals surface area contributed by atoms with Gasteiger partial charge in [0.15, 0.2) is 0 Å². The van der Waals surface area contributed by atoms with Crippen LogP contribution in [0.3, 0.4) is 0 Å². The number of pyridine rings is 1. The minimum Gasteiger partial charge on any atom is -0.377 e. The van der Waals surface area contributed by atoms with E-state index in [9.17, 15) is 0 Å². The van der Waals surface area contributed by atoms with Gasteiger partial charge in [-0.25, -0.2) is 4.98 Å². The lowest BCUT2D eigenvalue weighted by Gasteiger charge is -2.27. The van der Waals surface area contributed by atoms with Crippen molar-refractivity contribution in [3.8, 4) is 0 Å². The van der Waals surface area contributed by atoms with Gasteiger partial charge >= 0.3 is 0 Å². The summed E-state index contributed by atoms with van der Waals surface area (Å²) in [6.07, 6.45) is 3.97. The van der Waals surface area contributed by atoms with Crippen molar-refractivity contribution in [2.24, 2.45) is 0 Å². The Morgan fingerprint density at radius 2 is 2.32 bits per heavy atom. The van der Waals surface area contributed by atoms with E-state index in [1.165, 1.54) is 12.8 Å². The van der Waals surface area contributed by atoms with Crippen LogP contribution in [0.25, 0.3) is 0 Å². The summed E-state index contributed by atoms with van der Waals surface area (Å²) in [5.74, 6) is 0.849. The normalized spacial score (nSPS) is 19.7. The molecule has 1 saturated heterocycles. The zero-order valence-electron chi connectivity index (χ0n) is 11.7. The third-order valence-corrected chi connectivity index (χ3v) is 3.73.